The summed E-state index contributed by atoms with van der Waals surface area (Å²) >= 11 is 0. The number of pyridine rings is 1. The highest BCUT2D eigenvalue weighted by Gasteiger charge is 2.07. The SMILES string of the molecule is Cc1nc2ccccn2c1CNCc1ncon1. The molecule has 0 saturated heterocycles. The van der Waals surface area contributed by atoms with Gasteiger partial charge in [-0.3, -0.25) is 0 Å². The molecule has 92 valence electrons. The Morgan fingerprint density at radius 1 is 1.33 bits per heavy atom. The molecule has 0 radical (unpaired) electrons. The van der Waals surface area contributed by atoms with Crippen molar-refractivity contribution < 1.29 is 4.52 Å². The summed E-state index contributed by atoms with van der Waals surface area (Å²) in [4.78, 5) is 8.46. The molecule has 3 aromatic heterocycles. The Morgan fingerprint density at radius 2 is 2.28 bits per heavy atom. The zero-order valence-corrected chi connectivity index (χ0v) is 10.00. The highest BCUT2D eigenvalue weighted by molar-refractivity contribution is 5.42. The Balaban J connectivity index is 1.76. The fraction of sp³-hybridized carbons (Fsp3) is 0.250. The first-order valence-corrected chi connectivity index (χ1v) is 5.73. The Labute approximate surface area is 104 Å². The second-order valence-electron chi connectivity index (χ2n) is 4.02. The van der Waals surface area contributed by atoms with Crippen molar-refractivity contribution in [2.24, 2.45) is 0 Å². The van der Waals surface area contributed by atoms with Crippen LogP contribution in [0, 0.1) is 6.92 Å². The molecule has 3 aromatic rings. The van der Waals surface area contributed by atoms with E-state index in [1.807, 2.05) is 31.3 Å². The Hall–Kier alpha value is -2.21. The van der Waals surface area contributed by atoms with Gasteiger partial charge >= 0.3 is 0 Å². The van der Waals surface area contributed by atoms with Gasteiger partial charge in [0.15, 0.2) is 5.82 Å². The largest absolute Gasteiger partial charge is 0.343 e. The minimum absolute atomic E-state index is 0.579. The van der Waals surface area contributed by atoms with Gasteiger partial charge in [-0.25, -0.2) is 4.98 Å². The fourth-order valence-corrected chi connectivity index (χ4v) is 1.94. The van der Waals surface area contributed by atoms with Crippen molar-refractivity contribution in [3.8, 4) is 0 Å². The van der Waals surface area contributed by atoms with Crippen LogP contribution in [-0.4, -0.2) is 19.5 Å². The molecule has 0 fully saturated rings. The van der Waals surface area contributed by atoms with E-state index in [0.717, 1.165) is 17.0 Å². The molecule has 0 aliphatic rings. The lowest BCUT2D eigenvalue weighted by Crippen LogP contribution is -2.15. The van der Waals surface area contributed by atoms with Crippen LogP contribution < -0.4 is 5.32 Å². The van der Waals surface area contributed by atoms with E-state index in [1.165, 1.54) is 6.39 Å². The van der Waals surface area contributed by atoms with E-state index in [2.05, 4.69) is 29.4 Å². The summed E-state index contributed by atoms with van der Waals surface area (Å²) in [5.74, 6) is 0.654. The Bertz CT molecular complexity index is 644. The number of aryl methyl sites for hydroxylation is 1. The van der Waals surface area contributed by atoms with Crippen LogP contribution in [-0.2, 0) is 13.1 Å². The summed E-state index contributed by atoms with van der Waals surface area (Å²) in [6.45, 7) is 3.31. The summed E-state index contributed by atoms with van der Waals surface area (Å²) in [6, 6.07) is 5.98. The second-order valence-corrected chi connectivity index (χ2v) is 4.02. The molecular formula is C12H13N5O. The average Bonchev–Trinajstić information content (AvgIpc) is 2.98. The number of rotatable bonds is 4. The predicted octanol–water partition coefficient (Wildman–Crippen LogP) is 1.32. The molecule has 0 saturated carbocycles. The van der Waals surface area contributed by atoms with E-state index in [4.69, 9.17) is 0 Å². The number of imidazole rings is 1. The highest BCUT2D eigenvalue weighted by atomic mass is 16.5. The standard InChI is InChI=1S/C12H13N5O/c1-9-10(6-13-7-11-14-8-18-16-11)17-5-3-2-4-12(17)15-9/h2-5,8,13H,6-7H2,1H3. The van der Waals surface area contributed by atoms with Gasteiger partial charge in [-0.2, -0.15) is 4.98 Å². The fourth-order valence-electron chi connectivity index (χ4n) is 1.94. The maximum Gasteiger partial charge on any atom is 0.213 e. The summed E-state index contributed by atoms with van der Waals surface area (Å²) in [5, 5.41) is 7.03. The number of aromatic nitrogens is 4. The monoisotopic (exact) mass is 243 g/mol. The van der Waals surface area contributed by atoms with Gasteiger partial charge in [0.05, 0.1) is 17.9 Å². The lowest BCUT2D eigenvalue weighted by atomic mass is 10.3. The van der Waals surface area contributed by atoms with Crippen LogP contribution >= 0.6 is 0 Å². The quantitative estimate of drug-likeness (QED) is 0.748. The minimum Gasteiger partial charge on any atom is -0.343 e. The molecule has 0 amide bonds. The van der Waals surface area contributed by atoms with Gasteiger partial charge in [0, 0.05) is 12.7 Å². The molecule has 0 spiro atoms. The Kier molecular flexibility index (Phi) is 2.77. The normalized spacial score (nSPS) is 11.2. The molecule has 6 nitrogen and oxygen atoms in total. The molecule has 1 N–H and O–H groups in total. The van der Waals surface area contributed by atoms with Gasteiger partial charge in [-0.1, -0.05) is 11.2 Å². The van der Waals surface area contributed by atoms with Crippen molar-refractivity contribution in [3.05, 3.63) is 48.0 Å². The third kappa shape index (κ3) is 1.98. The molecule has 0 aromatic carbocycles. The molecule has 6 heteroatoms. The van der Waals surface area contributed by atoms with Gasteiger partial charge in [0.2, 0.25) is 6.39 Å². The predicted molar refractivity (Wildman–Crippen MR) is 64.8 cm³/mol. The molecule has 0 unspecified atom stereocenters. The lowest BCUT2D eigenvalue weighted by Gasteiger charge is -2.03. The Morgan fingerprint density at radius 3 is 3.11 bits per heavy atom. The van der Waals surface area contributed by atoms with Gasteiger partial charge in [0.1, 0.15) is 5.65 Å². The zero-order chi connectivity index (χ0) is 12.4. The molecule has 0 bridgehead atoms. The van der Waals surface area contributed by atoms with Crippen molar-refractivity contribution in [2.75, 3.05) is 0 Å². The molecule has 0 atom stereocenters. The third-order valence-electron chi connectivity index (χ3n) is 2.81. The third-order valence-corrected chi connectivity index (χ3v) is 2.81. The first-order chi connectivity index (χ1) is 8.84. The second kappa shape index (κ2) is 4.58. The summed E-state index contributed by atoms with van der Waals surface area (Å²) in [5.41, 5.74) is 3.14. The lowest BCUT2D eigenvalue weighted by molar-refractivity contribution is 0.407. The van der Waals surface area contributed by atoms with Crippen molar-refractivity contribution in [3.63, 3.8) is 0 Å². The van der Waals surface area contributed by atoms with E-state index in [1.54, 1.807) is 0 Å². The van der Waals surface area contributed by atoms with E-state index >= 15 is 0 Å². The smallest absolute Gasteiger partial charge is 0.213 e. The highest BCUT2D eigenvalue weighted by Crippen LogP contribution is 2.11. The van der Waals surface area contributed by atoms with Gasteiger partial charge in [-0.15, -0.1) is 0 Å². The maximum absolute atomic E-state index is 4.68. The van der Waals surface area contributed by atoms with Crippen molar-refractivity contribution in [1.82, 2.24) is 24.8 Å². The topological polar surface area (TPSA) is 68.2 Å². The summed E-state index contributed by atoms with van der Waals surface area (Å²) in [6.07, 6.45) is 3.34. The molecule has 18 heavy (non-hydrogen) atoms. The van der Waals surface area contributed by atoms with Crippen LogP contribution in [0.3, 0.4) is 0 Å². The van der Waals surface area contributed by atoms with Crippen LogP contribution in [0.2, 0.25) is 0 Å². The maximum atomic E-state index is 4.68. The number of hydrogen-bond donors (Lipinski definition) is 1. The van der Waals surface area contributed by atoms with Crippen molar-refractivity contribution in [1.29, 1.82) is 0 Å². The molecule has 0 aliphatic heterocycles. The van der Waals surface area contributed by atoms with Crippen molar-refractivity contribution >= 4 is 5.65 Å². The van der Waals surface area contributed by atoms with Crippen LogP contribution in [0.4, 0.5) is 0 Å². The van der Waals surface area contributed by atoms with E-state index in [0.29, 0.717) is 18.9 Å². The molecule has 3 heterocycles. The average molecular weight is 243 g/mol. The van der Waals surface area contributed by atoms with Crippen LogP contribution in [0.1, 0.15) is 17.2 Å². The summed E-state index contributed by atoms with van der Waals surface area (Å²) < 4.78 is 6.76. The first kappa shape index (κ1) is 10.9. The number of fused-ring (bicyclic) bond motifs is 1. The van der Waals surface area contributed by atoms with E-state index < -0.39 is 0 Å². The molecular weight excluding hydrogens is 230 g/mol. The van der Waals surface area contributed by atoms with Crippen LogP contribution in [0.25, 0.3) is 5.65 Å². The first-order valence-electron chi connectivity index (χ1n) is 5.73. The number of nitrogens with one attached hydrogen (secondary N) is 1. The summed E-state index contributed by atoms with van der Waals surface area (Å²) in [7, 11) is 0. The van der Waals surface area contributed by atoms with E-state index in [-0.39, 0.29) is 0 Å². The molecule has 3 rings (SSSR count). The van der Waals surface area contributed by atoms with E-state index in [9.17, 15) is 0 Å². The van der Waals surface area contributed by atoms with Gasteiger partial charge < -0.3 is 14.2 Å². The van der Waals surface area contributed by atoms with Crippen LogP contribution in [0.15, 0.2) is 35.3 Å². The van der Waals surface area contributed by atoms with Gasteiger partial charge in [0.25, 0.3) is 0 Å². The zero-order valence-electron chi connectivity index (χ0n) is 10.00. The van der Waals surface area contributed by atoms with Crippen LogP contribution in [0.5, 0.6) is 0 Å². The number of nitrogens with zero attached hydrogens (tertiary/aromatic N) is 4. The molecule has 0 aliphatic carbocycles. The van der Waals surface area contributed by atoms with Crippen molar-refractivity contribution in [2.45, 2.75) is 20.0 Å². The van der Waals surface area contributed by atoms with Gasteiger partial charge in [-0.05, 0) is 19.1 Å². The minimum atomic E-state index is 0.579. The number of hydrogen-bond acceptors (Lipinski definition) is 5.